The number of nitrogens with zero attached hydrogens (tertiary/aromatic N) is 1. The molecule has 0 radical (unpaired) electrons. The lowest BCUT2D eigenvalue weighted by Crippen LogP contribution is -1.96. The van der Waals surface area contributed by atoms with E-state index in [9.17, 15) is 14.3 Å². The van der Waals surface area contributed by atoms with Crippen LogP contribution >= 0.6 is 0 Å². The molecule has 0 amide bonds. The maximum atomic E-state index is 10.8. The Morgan fingerprint density at radius 2 is 2.30 bits per heavy atom. The average molecular weight is 163 g/mol. The minimum Gasteiger partial charge on any atom is -0.259 e. The van der Waals surface area contributed by atoms with Crippen LogP contribution in [0.15, 0.2) is 11.1 Å². The van der Waals surface area contributed by atoms with E-state index in [4.69, 9.17) is 0 Å². The van der Waals surface area contributed by atoms with E-state index in [0.717, 1.165) is 6.20 Å². The summed E-state index contributed by atoms with van der Waals surface area (Å²) in [5, 5.41) is 9.82. The Labute approximate surface area is 61.5 Å². The molecule has 0 aromatic heterocycles. The average Bonchev–Trinajstić information content (AvgIpc) is 1.85. The molecule has 0 bridgehead atoms. The Hall–Kier alpha value is -0.710. The third-order valence-electron chi connectivity index (χ3n) is 0.909. The predicted molar refractivity (Wildman–Crippen MR) is 39.4 cm³/mol. The summed E-state index contributed by atoms with van der Waals surface area (Å²) in [4.78, 5) is 9.54. The lowest BCUT2D eigenvalue weighted by Gasteiger charge is -1.91. The molecule has 5 heteroatoms. The van der Waals surface area contributed by atoms with E-state index in [1.54, 1.807) is 6.92 Å². The van der Waals surface area contributed by atoms with E-state index in [1.165, 1.54) is 6.92 Å². The zero-order valence-electron chi connectivity index (χ0n) is 5.86. The molecule has 0 heterocycles. The summed E-state index contributed by atoms with van der Waals surface area (Å²) in [6.45, 7) is 3.20. The lowest BCUT2D eigenvalue weighted by atomic mass is 10.7. The van der Waals surface area contributed by atoms with Gasteiger partial charge in [-0.3, -0.25) is 14.3 Å². The standard InChI is InChI=1S/C5H9NO3S/c1-3-10(9)5(2)4-6(7)8/h4H,3H2,1-2H3/b5-4+. The number of allylic oxidation sites excluding steroid dienone is 1. The van der Waals surface area contributed by atoms with Crippen LogP contribution in [0.5, 0.6) is 0 Å². The molecule has 1 atom stereocenters. The molecule has 0 aromatic carbocycles. The largest absolute Gasteiger partial charge is 0.259 e. The first-order valence-corrected chi connectivity index (χ1v) is 4.10. The van der Waals surface area contributed by atoms with E-state index in [0.29, 0.717) is 10.7 Å². The predicted octanol–water partition coefficient (Wildman–Crippen LogP) is 0.893. The van der Waals surface area contributed by atoms with Crippen molar-refractivity contribution < 1.29 is 9.13 Å². The molecule has 10 heavy (non-hydrogen) atoms. The minimum atomic E-state index is -1.17. The van der Waals surface area contributed by atoms with Crippen molar-refractivity contribution >= 4 is 10.8 Å². The van der Waals surface area contributed by atoms with Crippen LogP contribution in [0.1, 0.15) is 13.8 Å². The number of nitro groups is 1. The number of rotatable bonds is 3. The van der Waals surface area contributed by atoms with Crippen LogP contribution in [-0.4, -0.2) is 14.9 Å². The maximum Gasteiger partial charge on any atom is 0.246 e. The SMILES string of the molecule is CCS(=O)/C(C)=C/[N+](=O)[O-]. The first-order chi connectivity index (χ1) is 4.57. The summed E-state index contributed by atoms with van der Waals surface area (Å²) < 4.78 is 10.8. The van der Waals surface area contributed by atoms with Crippen LogP contribution in [0, 0.1) is 10.1 Å². The van der Waals surface area contributed by atoms with Crippen molar-refractivity contribution in [1.29, 1.82) is 0 Å². The fourth-order valence-corrected chi connectivity index (χ4v) is 1.09. The smallest absolute Gasteiger partial charge is 0.246 e. The van der Waals surface area contributed by atoms with Crippen LogP contribution in [-0.2, 0) is 10.8 Å². The molecule has 0 saturated heterocycles. The highest BCUT2D eigenvalue weighted by atomic mass is 32.2. The van der Waals surface area contributed by atoms with Crippen molar-refractivity contribution in [2.45, 2.75) is 13.8 Å². The Morgan fingerprint density at radius 1 is 1.80 bits per heavy atom. The molecule has 0 spiro atoms. The highest BCUT2D eigenvalue weighted by Crippen LogP contribution is 1.99. The normalized spacial score (nSPS) is 14.8. The Balaban J connectivity index is 4.19. The molecule has 0 aromatic rings. The van der Waals surface area contributed by atoms with Gasteiger partial charge in [0.25, 0.3) is 0 Å². The van der Waals surface area contributed by atoms with Gasteiger partial charge in [0.05, 0.1) is 20.6 Å². The topological polar surface area (TPSA) is 60.2 Å². The molecule has 0 saturated carbocycles. The number of hydrogen-bond donors (Lipinski definition) is 0. The second-order valence-corrected chi connectivity index (χ2v) is 3.57. The third kappa shape index (κ3) is 3.34. The lowest BCUT2D eigenvalue weighted by molar-refractivity contribution is -0.402. The first-order valence-electron chi connectivity index (χ1n) is 2.78. The first kappa shape index (κ1) is 9.29. The molecule has 0 N–H and O–H groups in total. The zero-order chi connectivity index (χ0) is 8.15. The summed E-state index contributed by atoms with van der Waals surface area (Å²) in [5.41, 5.74) is 0. The maximum absolute atomic E-state index is 10.8. The Morgan fingerprint density at radius 3 is 2.60 bits per heavy atom. The van der Waals surface area contributed by atoms with Crippen LogP contribution in [0.2, 0.25) is 0 Å². The van der Waals surface area contributed by atoms with Gasteiger partial charge < -0.3 is 0 Å². The molecule has 0 aliphatic heterocycles. The van der Waals surface area contributed by atoms with Gasteiger partial charge in [-0.05, 0) is 6.92 Å². The van der Waals surface area contributed by atoms with Gasteiger partial charge in [0.2, 0.25) is 6.20 Å². The van der Waals surface area contributed by atoms with E-state index in [2.05, 4.69) is 0 Å². The van der Waals surface area contributed by atoms with E-state index < -0.39 is 15.7 Å². The fourth-order valence-electron chi connectivity index (χ4n) is 0.435. The van der Waals surface area contributed by atoms with Gasteiger partial charge in [-0.2, -0.15) is 0 Å². The van der Waals surface area contributed by atoms with Crippen molar-refractivity contribution in [2.75, 3.05) is 5.75 Å². The Kier molecular flexibility index (Phi) is 3.87. The summed E-state index contributed by atoms with van der Waals surface area (Å²) >= 11 is 0. The van der Waals surface area contributed by atoms with Gasteiger partial charge in [-0.15, -0.1) is 0 Å². The molecule has 58 valence electrons. The summed E-state index contributed by atoms with van der Waals surface area (Å²) in [6, 6.07) is 0. The third-order valence-corrected chi connectivity index (χ3v) is 2.26. The minimum absolute atomic E-state index is 0.313. The zero-order valence-corrected chi connectivity index (χ0v) is 6.68. The molecule has 1 unspecified atom stereocenters. The van der Waals surface area contributed by atoms with Crippen LogP contribution < -0.4 is 0 Å². The van der Waals surface area contributed by atoms with E-state index in [-0.39, 0.29) is 0 Å². The van der Waals surface area contributed by atoms with Crippen molar-refractivity contribution in [2.24, 2.45) is 0 Å². The quantitative estimate of drug-likeness (QED) is 0.458. The monoisotopic (exact) mass is 163 g/mol. The fraction of sp³-hybridized carbons (Fsp3) is 0.600. The van der Waals surface area contributed by atoms with Crippen molar-refractivity contribution in [3.63, 3.8) is 0 Å². The molecule has 0 fully saturated rings. The molecule has 0 rings (SSSR count). The van der Waals surface area contributed by atoms with Crippen molar-refractivity contribution in [3.8, 4) is 0 Å². The molecule has 0 aliphatic rings. The second-order valence-electron chi connectivity index (χ2n) is 1.66. The van der Waals surface area contributed by atoms with Crippen molar-refractivity contribution in [1.82, 2.24) is 0 Å². The molecule has 0 aliphatic carbocycles. The molecular formula is C5H9NO3S. The highest BCUT2D eigenvalue weighted by Gasteiger charge is 2.02. The summed E-state index contributed by atoms with van der Waals surface area (Å²) in [7, 11) is -1.17. The summed E-state index contributed by atoms with van der Waals surface area (Å²) in [5.74, 6) is 0.427. The van der Waals surface area contributed by atoms with Gasteiger partial charge in [0.15, 0.2) is 0 Å². The number of hydrogen-bond acceptors (Lipinski definition) is 3. The van der Waals surface area contributed by atoms with Gasteiger partial charge in [0.1, 0.15) is 0 Å². The molecule has 4 nitrogen and oxygen atoms in total. The van der Waals surface area contributed by atoms with Gasteiger partial charge in [-0.25, -0.2) is 0 Å². The van der Waals surface area contributed by atoms with Gasteiger partial charge >= 0.3 is 0 Å². The van der Waals surface area contributed by atoms with E-state index in [1.807, 2.05) is 0 Å². The summed E-state index contributed by atoms with van der Waals surface area (Å²) in [6.07, 6.45) is 0.777. The highest BCUT2D eigenvalue weighted by molar-refractivity contribution is 7.88. The Bertz CT molecular complexity index is 187. The van der Waals surface area contributed by atoms with Crippen LogP contribution in [0.4, 0.5) is 0 Å². The van der Waals surface area contributed by atoms with Gasteiger partial charge in [-0.1, -0.05) is 6.92 Å². The van der Waals surface area contributed by atoms with Crippen LogP contribution in [0.25, 0.3) is 0 Å². The van der Waals surface area contributed by atoms with Crippen LogP contribution in [0.3, 0.4) is 0 Å². The molecular weight excluding hydrogens is 154 g/mol. The van der Waals surface area contributed by atoms with Gasteiger partial charge in [0, 0.05) is 5.75 Å². The van der Waals surface area contributed by atoms with Crippen molar-refractivity contribution in [3.05, 3.63) is 21.2 Å². The van der Waals surface area contributed by atoms with E-state index >= 15 is 0 Å². The second kappa shape index (κ2) is 4.16.